The van der Waals surface area contributed by atoms with Crippen molar-refractivity contribution in [3.05, 3.63) is 118 Å². The molecule has 0 spiro atoms. The van der Waals surface area contributed by atoms with Gasteiger partial charge in [-0.05, 0) is 17.9 Å². The van der Waals surface area contributed by atoms with Crippen molar-refractivity contribution < 1.29 is 23.3 Å². The molecule has 6 rings (SSSR count). The minimum atomic E-state index is 0. The minimum absolute atomic E-state index is 0. The Morgan fingerprint density at radius 1 is 0.444 bits per heavy atom. The normalized spacial score (nSPS) is 9.53. The van der Waals surface area contributed by atoms with Gasteiger partial charge in [0.15, 0.2) is 0 Å². The van der Waals surface area contributed by atoms with Crippen LogP contribution in [0.3, 0.4) is 0 Å². The van der Waals surface area contributed by atoms with Crippen LogP contribution in [0.5, 0.6) is 0 Å². The van der Waals surface area contributed by atoms with Crippen molar-refractivity contribution in [1.82, 2.24) is 0 Å². The Morgan fingerprint density at radius 3 is 0.833 bits per heavy atom. The predicted octanol–water partition coefficient (Wildman–Crippen LogP) is 11.8. The molecule has 0 aromatic heterocycles. The van der Waals surface area contributed by atoms with Gasteiger partial charge in [-0.2, -0.15) is 0 Å². The van der Waals surface area contributed by atoms with Gasteiger partial charge in [0.2, 0.25) is 0 Å². The van der Waals surface area contributed by atoms with Crippen LogP contribution in [0, 0.1) is 14.9 Å². The number of rotatable bonds is 0. The van der Waals surface area contributed by atoms with Gasteiger partial charge in [0.1, 0.15) is 0 Å². The van der Waals surface area contributed by atoms with E-state index in [1.165, 1.54) is 66.4 Å². The van der Waals surface area contributed by atoms with E-state index in [0.29, 0.717) is 0 Å². The van der Waals surface area contributed by atoms with E-state index in [2.05, 4.69) is 156 Å². The van der Waals surface area contributed by atoms with Gasteiger partial charge in [0, 0.05) is 0 Å². The summed E-state index contributed by atoms with van der Waals surface area (Å²) in [7, 11) is 0. The zero-order valence-electron chi connectivity index (χ0n) is 19.4. The molecule has 0 saturated carbocycles. The summed E-state index contributed by atoms with van der Waals surface area (Å²) >= 11 is 15.3. The molecule has 8 heteroatoms. The summed E-state index contributed by atoms with van der Waals surface area (Å²) < 4.78 is 4.52. The van der Waals surface area contributed by atoms with E-state index in [4.69, 9.17) is 0 Å². The van der Waals surface area contributed by atoms with Crippen molar-refractivity contribution in [3.8, 4) is 0 Å². The third-order valence-electron chi connectivity index (χ3n) is 5.26. The Hall–Kier alpha value is 0.220. The zero-order chi connectivity index (χ0) is 22.8. The molecule has 0 nitrogen and oxygen atoms in total. The molecule has 36 heavy (non-hydrogen) atoms. The van der Waals surface area contributed by atoms with Crippen LogP contribution in [-0.2, 0) is 23.3 Å². The fraction of sp³-hybridized carbons (Fsp3) is 0. The van der Waals surface area contributed by atoms with E-state index in [1.807, 2.05) is 0 Å². The monoisotopic (exact) mass is 862 g/mol. The summed E-state index contributed by atoms with van der Waals surface area (Å²) in [6.45, 7) is 3.06. The average Bonchev–Trinajstić information content (AvgIpc) is 3.30. The molecule has 0 aliphatic heterocycles. The Labute approximate surface area is 276 Å². The first-order valence-electron chi connectivity index (χ1n) is 9.61. The molecule has 6 aromatic rings. The summed E-state index contributed by atoms with van der Waals surface area (Å²) in [6.07, 6.45) is 0. The van der Waals surface area contributed by atoms with Gasteiger partial charge < -0.3 is 14.9 Å². The van der Waals surface area contributed by atoms with Gasteiger partial charge in [-0.25, -0.2) is 0 Å². The van der Waals surface area contributed by atoms with Crippen molar-refractivity contribution in [2.45, 2.75) is 0 Å². The van der Waals surface area contributed by atoms with E-state index in [9.17, 15) is 0 Å². The van der Waals surface area contributed by atoms with Crippen LogP contribution in [0.4, 0.5) is 0 Å². The molecule has 0 fully saturated rings. The molecule has 0 aliphatic carbocycles. The topological polar surface area (TPSA) is 0 Å². The van der Waals surface area contributed by atoms with Crippen LogP contribution in [0.1, 0.15) is 0 Å². The summed E-state index contributed by atoms with van der Waals surface area (Å²) in [5.41, 5.74) is 0. The quantitative estimate of drug-likeness (QED) is 0.105. The van der Waals surface area contributed by atoms with Gasteiger partial charge in [-0.15, -0.1) is 104 Å². The van der Waals surface area contributed by atoms with Crippen LogP contribution in [-0.4, -0.2) is 6.88 Å². The number of fused-ring (bicyclic) bond motifs is 6. The van der Waals surface area contributed by atoms with Gasteiger partial charge in [0.05, 0.1) is 0 Å². The summed E-state index contributed by atoms with van der Waals surface area (Å²) in [5.74, 6) is 0. The molecule has 0 atom stereocenters. The molecule has 188 valence electrons. The molecular formula is C28H22Br4Cl2SiZr-4. The van der Waals surface area contributed by atoms with Crippen molar-refractivity contribution in [3.63, 3.8) is 0 Å². The molecule has 0 N–H and O–H groups in total. The number of hydrogen-bond donors (Lipinski definition) is 0. The Kier molecular flexibility index (Phi) is 16.5. The Balaban J connectivity index is 0.000000577. The van der Waals surface area contributed by atoms with Crippen molar-refractivity contribution in [2.75, 3.05) is 0 Å². The average molecular weight is 868 g/mol. The first-order valence-corrected chi connectivity index (χ1v) is 17.0. The number of halogens is 6. The third kappa shape index (κ3) is 8.11. The fourth-order valence-corrected chi connectivity index (χ4v) is 5.44. The zero-order valence-corrected chi connectivity index (χ0v) is 30.8. The second-order valence-electron chi connectivity index (χ2n) is 7.21. The van der Waals surface area contributed by atoms with Crippen LogP contribution in [0.25, 0.3) is 43.1 Å². The SMILES string of the molecule is Brc1ccc2c(c1)[cH-]c1cc(Br)ccc12.Brc1ccc2c(c1)[cH-]c1cc(Br)ccc12.Cl.Cl.[CH3-].[CH3-].[Si]=[Zr]. The van der Waals surface area contributed by atoms with Crippen LogP contribution >= 0.6 is 88.5 Å². The van der Waals surface area contributed by atoms with Gasteiger partial charge in [-0.3, -0.25) is 0 Å². The number of hydrogen-bond acceptors (Lipinski definition) is 0. The second kappa shape index (κ2) is 16.4. The fourth-order valence-electron chi connectivity index (χ4n) is 3.93. The second-order valence-corrected chi connectivity index (χ2v) is 10.9. The first kappa shape index (κ1) is 36.2. The van der Waals surface area contributed by atoms with Crippen LogP contribution < -0.4 is 0 Å². The summed E-state index contributed by atoms with van der Waals surface area (Å²) in [4.78, 5) is 0. The van der Waals surface area contributed by atoms with Crippen molar-refractivity contribution in [1.29, 1.82) is 0 Å². The molecule has 0 saturated heterocycles. The van der Waals surface area contributed by atoms with Gasteiger partial charge in [-0.1, -0.05) is 112 Å². The number of benzene rings is 4. The van der Waals surface area contributed by atoms with Crippen molar-refractivity contribution >= 4 is 139 Å². The molecule has 0 amide bonds. The maximum atomic E-state index is 3.49. The summed E-state index contributed by atoms with van der Waals surface area (Å²) in [6, 6.07) is 30.1. The molecule has 0 aliphatic rings. The van der Waals surface area contributed by atoms with Crippen LogP contribution in [0.2, 0.25) is 0 Å². The van der Waals surface area contributed by atoms with E-state index in [0.717, 1.165) is 17.9 Å². The standard InChI is InChI=1S/2C13H7Br2.2CH3.2ClH.Si.Zr/c2*14-10-1-3-12-8(6-10)5-9-7-11(15)2-4-13(9)12;;;;;;/h2*1-7H;2*1H3;2*1H;;/q4*-1;;;;. The first-order chi connectivity index (χ1) is 15.5. The van der Waals surface area contributed by atoms with Gasteiger partial charge >= 0.3 is 30.2 Å². The van der Waals surface area contributed by atoms with Crippen molar-refractivity contribution in [2.24, 2.45) is 0 Å². The molecule has 0 heterocycles. The van der Waals surface area contributed by atoms with Gasteiger partial charge in [0.25, 0.3) is 0 Å². The molecular weight excluding hydrogens is 846 g/mol. The summed E-state index contributed by atoms with van der Waals surface area (Å²) in [5, 5.41) is 10.4. The van der Waals surface area contributed by atoms with E-state index in [1.54, 1.807) is 0 Å². The third-order valence-corrected chi connectivity index (χ3v) is 7.23. The van der Waals surface area contributed by atoms with E-state index < -0.39 is 0 Å². The molecule has 0 bridgehead atoms. The van der Waals surface area contributed by atoms with E-state index in [-0.39, 0.29) is 39.7 Å². The predicted molar refractivity (Wildman–Crippen MR) is 178 cm³/mol. The van der Waals surface area contributed by atoms with Crippen LogP contribution in [0.15, 0.2) is 103 Å². The molecule has 6 aromatic carbocycles. The Bertz CT molecular complexity index is 1350. The molecule has 2 radical (unpaired) electrons. The van der Waals surface area contributed by atoms with E-state index >= 15 is 0 Å². The molecule has 0 unspecified atom stereocenters. The maximum absolute atomic E-state index is 3.49. The Morgan fingerprint density at radius 2 is 0.639 bits per heavy atom.